The van der Waals surface area contributed by atoms with E-state index in [1.807, 2.05) is 109 Å². The van der Waals surface area contributed by atoms with Crippen LogP contribution in [0.1, 0.15) is 204 Å². The van der Waals surface area contributed by atoms with Crippen molar-refractivity contribution in [3.05, 3.63) is 279 Å². The number of anilines is 4. The first kappa shape index (κ1) is 77.2. The zero-order valence-electron chi connectivity index (χ0n) is 64.6. The minimum Gasteiger partial charge on any atom is -0.456 e. The molecule has 0 bridgehead atoms. The summed E-state index contributed by atoms with van der Waals surface area (Å²) in [4.78, 5) is 66.2. The summed E-state index contributed by atoms with van der Waals surface area (Å²) >= 11 is 43.3. The number of alkyl halides is 9. The maximum absolute atomic E-state index is 14.0. The van der Waals surface area contributed by atoms with E-state index in [1.165, 1.54) is 67.3 Å². The lowest BCUT2D eigenvalue weighted by Crippen LogP contribution is -2.40. The van der Waals surface area contributed by atoms with Crippen LogP contribution in [-0.2, 0) is 92.7 Å². The minimum absolute atomic E-state index is 0.362. The van der Waals surface area contributed by atoms with E-state index in [9.17, 15) is 19.2 Å². The number of carbonyl (C=O) groups is 4. The Morgan fingerprint density at radius 1 is 0.250 bits per heavy atom. The number of fused-ring (bicyclic) bond motifs is 28. The molecular weight excluding hydrogens is 1710 g/mol. The third-order valence-electron chi connectivity index (χ3n) is 27.0. The fourth-order valence-corrected chi connectivity index (χ4v) is 22.9. The zero-order chi connectivity index (χ0) is 81.7. The average molecular weight is 1780 g/mol. The topological polar surface area (TPSA) is 155 Å². The van der Waals surface area contributed by atoms with Gasteiger partial charge in [0.2, 0.25) is 0 Å². The lowest BCUT2D eigenvalue weighted by molar-refractivity contribution is 0.0187. The molecule has 0 amide bonds. The first-order valence-corrected chi connectivity index (χ1v) is 45.2. The Labute approximate surface area is 737 Å². The predicted molar refractivity (Wildman–Crippen MR) is 465 cm³/mol. The van der Waals surface area contributed by atoms with Gasteiger partial charge in [0.25, 0.3) is 0 Å². The van der Waals surface area contributed by atoms with Crippen molar-refractivity contribution >= 4 is 151 Å². The molecule has 0 N–H and O–H groups in total. The molecule has 610 valence electrons. The Kier molecular flexibility index (Phi) is 18.7. The van der Waals surface area contributed by atoms with E-state index in [0.29, 0.717) is 67.5 Å². The van der Waals surface area contributed by atoms with Crippen LogP contribution < -0.4 is 38.5 Å². The Bertz CT molecular complexity index is 5420. The highest BCUT2D eigenvalue weighted by molar-refractivity contribution is 6.63. The van der Waals surface area contributed by atoms with E-state index in [4.69, 9.17) is 142 Å². The number of ether oxygens (including phenoxy) is 8. The molecule has 16 aliphatic rings. The molecule has 0 aromatic heterocycles. The number of aryl methyl sites for hydroxylation is 4. The van der Waals surface area contributed by atoms with Crippen molar-refractivity contribution in [2.24, 2.45) is 0 Å². The zero-order valence-corrected chi connectivity index (χ0v) is 71.5. The smallest absolute Gasteiger partial charge is 0.340 e. The Hall–Kier alpha value is -8.91. The number of nitrogens with zero attached hydrogens (tertiary/aromatic N) is 4. The van der Waals surface area contributed by atoms with Gasteiger partial charge < -0.3 is 57.5 Å². The molecule has 120 heavy (non-hydrogen) atoms. The van der Waals surface area contributed by atoms with E-state index < -0.39 is 35.3 Å². The van der Waals surface area contributed by atoms with E-state index in [0.717, 1.165) is 223 Å². The van der Waals surface area contributed by atoms with E-state index in [2.05, 4.69) is 56.0 Å². The summed E-state index contributed by atoms with van der Waals surface area (Å²) in [6, 6.07) is 48.1. The van der Waals surface area contributed by atoms with Crippen molar-refractivity contribution in [3.8, 4) is 46.0 Å². The van der Waals surface area contributed by atoms with Crippen LogP contribution in [0.4, 0.5) is 22.7 Å². The first-order valence-electron chi connectivity index (χ1n) is 41.2. The van der Waals surface area contributed by atoms with Crippen molar-refractivity contribution < 1.29 is 57.1 Å². The molecular formula is C95H75Cl9N4O12. The van der Waals surface area contributed by atoms with Gasteiger partial charge >= 0.3 is 23.9 Å². The van der Waals surface area contributed by atoms with Crippen LogP contribution in [0.15, 0.2) is 146 Å². The van der Waals surface area contributed by atoms with Gasteiger partial charge in [-0.05, 0) is 186 Å². The second-order valence-corrected chi connectivity index (χ2v) is 39.0. The molecule has 16 heterocycles. The van der Waals surface area contributed by atoms with E-state index in [1.54, 1.807) is 0 Å². The van der Waals surface area contributed by atoms with E-state index in [-0.39, 0.29) is 23.9 Å². The maximum Gasteiger partial charge on any atom is 0.340 e. The molecule has 10 aromatic rings. The molecule has 4 spiro atoms. The summed E-state index contributed by atoms with van der Waals surface area (Å²) in [7, 11) is 0. The molecule has 0 unspecified atom stereocenters. The summed E-state index contributed by atoms with van der Waals surface area (Å²) < 4.78 is 53.5. The van der Waals surface area contributed by atoms with Crippen molar-refractivity contribution in [1.29, 1.82) is 0 Å². The molecule has 16 aliphatic heterocycles. The van der Waals surface area contributed by atoms with Gasteiger partial charge in [-0.1, -0.05) is 177 Å². The second kappa shape index (κ2) is 29.1. The molecule has 26 rings (SSSR count). The number of hydrogen-bond donors (Lipinski definition) is 0. The van der Waals surface area contributed by atoms with Gasteiger partial charge in [-0.15, -0.1) is 0 Å². The number of carbonyl (C=O) groups excluding carboxylic acids is 4. The van der Waals surface area contributed by atoms with Gasteiger partial charge in [-0.25, -0.2) is 19.2 Å². The van der Waals surface area contributed by atoms with Crippen LogP contribution in [0.25, 0.3) is 0 Å². The van der Waals surface area contributed by atoms with Crippen molar-refractivity contribution in [1.82, 2.24) is 0 Å². The molecule has 16 nitrogen and oxygen atoms in total. The fourth-order valence-electron chi connectivity index (χ4n) is 22.9. The average Bonchev–Trinajstić information content (AvgIpc) is 1.30. The minimum atomic E-state index is -1.27. The molecule has 0 saturated carbocycles. The Morgan fingerprint density at radius 3 is 0.667 bits per heavy atom. The van der Waals surface area contributed by atoms with Crippen molar-refractivity contribution in [2.45, 2.75) is 138 Å². The Balaban J connectivity index is 0.000000127. The van der Waals surface area contributed by atoms with Crippen LogP contribution >= 0.6 is 104 Å². The standard InChI is InChI=1S/2C46H36N2O6.3CHCl3/c2*49-43-27-11-1-3-15-31(27)45(53-43)33-23-34-38(24-37(33)51-41-29-13-7-19-47-17-5-9-25(39(29)47)21-35(41)45)52-42-30-14-8-20-48-18-6-10-26(40(30)48)22-36(42)46(34)32-16-4-2-12-28(32)44(50)54-46;3*2-1(3)4/h2*1-4,11-12,15-16,21-24H,5-10,13-14,17-20H2;3*1H/t2*45-,46-;;;/m10.../s1. The van der Waals surface area contributed by atoms with Crippen LogP contribution in [-0.4, -0.2) is 89.1 Å². The van der Waals surface area contributed by atoms with Crippen molar-refractivity contribution in [2.75, 3.05) is 72.0 Å². The summed E-state index contributed by atoms with van der Waals surface area (Å²) in [6.45, 7) is 8.26. The third kappa shape index (κ3) is 11.4. The molecule has 0 radical (unpaired) electrons. The summed E-state index contributed by atoms with van der Waals surface area (Å²) in [5, 5.41) is 0. The molecule has 4 atom stereocenters. The molecule has 0 saturated heterocycles. The van der Waals surface area contributed by atoms with E-state index >= 15 is 0 Å². The number of hydrogen-bond acceptors (Lipinski definition) is 16. The molecule has 0 fully saturated rings. The number of halogens is 9. The quantitative estimate of drug-likeness (QED) is 0.0802. The number of rotatable bonds is 0. The van der Waals surface area contributed by atoms with Gasteiger partial charge in [0, 0.05) is 176 Å². The Morgan fingerprint density at radius 2 is 0.450 bits per heavy atom. The lowest BCUT2D eigenvalue weighted by Gasteiger charge is -2.45. The fraction of sp³-hybridized carbons (Fsp3) is 0.326. The monoisotopic (exact) mass is 1780 g/mol. The van der Waals surface area contributed by atoms with Gasteiger partial charge in [0.15, 0.2) is 35.3 Å². The van der Waals surface area contributed by atoms with Gasteiger partial charge in [-0.2, -0.15) is 0 Å². The molecule has 25 heteroatoms. The van der Waals surface area contributed by atoms with Crippen molar-refractivity contribution in [3.63, 3.8) is 0 Å². The van der Waals surface area contributed by atoms with Crippen LogP contribution in [0.2, 0.25) is 0 Å². The second-order valence-electron chi connectivity index (χ2n) is 33.0. The highest BCUT2D eigenvalue weighted by Crippen LogP contribution is 2.69. The maximum atomic E-state index is 14.0. The predicted octanol–water partition coefficient (Wildman–Crippen LogP) is 22.4. The third-order valence-corrected chi connectivity index (χ3v) is 27.0. The highest BCUT2D eigenvalue weighted by atomic mass is 35.6. The van der Waals surface area contributed by atoms with Crippen LogP contribution in [0.3, 0.4) is 0 Å². The van der Waals surface area contributed by atoms with Gasteiger partial charge in [0.1, 0.15) is 46.0 Å². The van der Waals surface area contributed by atoms with Gasteiger partial charge in [-0.3, -0.25) is 0 Å². The number of esters is 4. The highest BCUT2D eigenvalue weighted by Gasteiger charge is 2.63. The first-order chi connectivity index (χ1) is 58.3. The summed E-state index contributed by atoms with van der Waals surface area (Å²) in [6.07, 6.45) is 15.8. The van der Waals surface area contributed by atoms with Crippen LogP contribution in [0.5, 0.6) is 46.0 Å². The largest absolute Gasteiger partial charge is 0.456 e. The SMILES string of the molecule is ClC(Cl)Cl.ClC(Cl)Cl.ClC(Cl)Cl.O=C1O[C@@]2(c3cc4c(cc3Oc3c2cc2c5c3CCCN5CCC2)Oc2c(cc3c5c2CCCN5CCC3)[C@]42OC(=O)c3ccccc32)c2ccccc21.O=C1O[C@]2(c3cc4c(cc3Oc3c2cc2c5c3CCCN5CCC2)Oc2c(cc3c5c2CCCN5CCC3)[C@@]42OC(=O)c3ccccc32)c2ccccc21. The molecule has 10 aromatic carbocycles. The molecule has 0 aliphatic carbocycles. The summed E-state index contributed by atoms with van der Waals surface area (Å²) in [5.41, 5.74) is 21.6. The van der Waals surface area contributed by atoms with Gasteiger partial charge in [0.05, 0.1) is 22.3 Å². The number of benzene rings is 10. The summed E-state index contributed by atoms with van der Waals surface area (Å²) in [5.74, 6) is 4.00. The lowest BCUT2D eigenvalue weighted by atomic mass is 9.71. The van der Waals surface area contributed by atoms with Crippen LogP contribution in [0, 0.1) is 0 Å². The normalized spacial score (nSPS) is 22.6.